The molecule has 0 spiro atoms. The molecule has 0 bridgehead atoms. The lowest BCUT2D eigenvalue weighted by molar-refractivity contribution is 0.169. The Kier molecular flexibility index (Phi) is 8.44. The van der Waals surface area contributed by atoms with Gasteiger partial charge in [0.25, 0.3) is 0 Å². The Balaban J connectivity index is 1.40. The molecule has 2 N–H and O–H groups in total. The number of benzene rings is 3. The van der Waals surface area contributed by atoms with Gasteiger partial charge in [-0.1, -0.05) is 31.2 Å². The highest BCUT2D eigenvalue weighted by Gasteiger charge is 2.30. The van der Waals surface area contributed by atoms with Crippen molar-refractivity contribution >= 4 is 16.8 Å². The highest BCUT2D eigenvalue weighted by Crippen LogP contribution is 2.47. The monoisotopic (exact) mass is 528 g/mol. The normalized spacial score (nSPS) is 19.9. The molecule has 2 heterocycles. The number of methoxy groups -OCH3 is 1. The maximum absolute atomic E-state index is 10.3. The van der Waals surface area contributed by atoms with Gasteiger partial charge in [0.15, 0.2) is 0 Å². The summed E-state index contributed by atoms with van der Waals surface area (Å²) in [4.78, 5) is 2.51. The van der Waals surface area contributed by atoms with Gasteiger partial charge in [-0.2, -0.15) is 0 Å². The predicted molar refractivity (Wildman–Crippen MR) is 158 cm³/mol. The van der Waals surface area contributed by atoms with Crippen LogP contribution in [-0.4, -0.2) is 56.0 Å². The second-order valence-corrected chi connectivity index (χ2v) is 10.8. The number of phenolic OH excluding ortho intramolecular Hbond substituents is 1. The maximum Gasteiger partial charge on any atom is 0.150 e. The summed E-state index contributed by atoms with van der Waals surface area (Å²) < 4.78 is 18.0. The van der Waals surface area contributed by atoms with Crippen molar-refractivity contribution in [3.05, 3.63) is 83.4 Å². The zero-order valence-electron chi connectivity index (χ0n) is 23.4. The first kappa shape index (κ1) is 27.1. The molecule has 0 radical (unpaired) electrons. The number of ether oxygens (including phenoxy) is 3. The van der Waals surface area contributed by atoms with Crippen LogP contribution in [0.1, 0.15) is 50.0 Å². The third-order valence-electron chi connectivity index (χ3n) is 7.84. The quantitative estimate of drug-likeness (QED) is 0.288. The number of allylic oxidation sites excluding steroid dienone is 1. The summed E-state index contributed by atoms with van der Waals surface area (Å²) >= 11 is 0. The van der Waals surface area contributed by atoms with Gasteiger partial charge in [0.2, 0.25) is 0 Å². The number of nitrogens with one attached hydrogen (secondary N) is 1. The SMILES string of the molecule is COCCNc1ccc2c(c1)C(C)=C(c1cccc(O)c1)C(c1ccc(OC[C@H](C)N3CC[C@@H](C)C3)cc1)O2. The Labute approximate surface area is 232 Å². The minimum atomic E-state index is -0.314. The first-order valence-electron chi connectivity index (χ1n) is 13.9. The van der Waals surface area contributed by atoms with Crippen molar-refractivity contribution in [3.63, 3.8) is 0 Å². The fraction of sp³-hybridized carbons (Fsp3) is 0.394. The molecule has 1 saturated heterocycles. The van der Waals surface area contributed by atoms with Crippen LogP contribution < -0.4 is 14.8 Å². The summed E-state index contributed by atoms with van der Waals surface area (Å²) in [7, 11) is 1.70. The number of likely N-dealkylation sites (tertiary alicyclic amines) is 1. The molecule has 3 aromatic carbocycles. The predicted octanol–water partition coefficient (Wildman–Crippen LogP) is 6.62. The Hall–Kier alpha value is -3.48. The van der Waals surface area contributed by atoms with Crippen molar-refractivity contribution in [1.82, 2.24) is 4.90 Å². The Morgan fingerprint density at radius 1 is 1.10 bits per heavy atom. The van der Waals surface area contributed by atoms with Gasteiger partial charge >= 0.3 is 0 Å². The van der Waals surface area contributed by atoms with Crippen molar-refractivity contribution in [2.75, 3.05) is 45.3 Å². The summed E-state index contributed by atoms with van der Waals surface area (Å²) in [5.41, 5.74) is 6.19. The van der Waals surface area contributed by atoms with Crippen LogP contribution >= 0.6 is 0 Å². The lowest BCUT2D eigenvalue weighted by Gasteiger charge is -2.31. The van der Waals surface area contributed by atoms with E-state index in [2.05, 4.69) is 49.2 Å². The Morgan fingerprint density at radius 3 is 2.64 bits per heavy atom. The summed E-state index contributed by atoms with van der Waals surface area (Å²) in [6, 6.07) is 22.2. The number of rotatable bonds is 10. The number of hydrogen-bond donors (Lipinski definition) is 2. The van der Waals surface area contributed by atoms with E-state index in [0.717, 1.165) is 70.6 Å². The molecular weight excluding hydrogens is 488 g/mol. The molecule has 0 aliphatic carbocycles. The van der Waals surface area contributed by atoms with Crippen LogP contribution in [0.4, 0.5) is 5.69 Å². The van der Waals surface area contributed by atoms with Gasteiger partial charge in [-0.15, -0.1) is 0 Å². The fourth-order valence-corrected chi connectivity index (χ4v) is 5.57. The minimum Gasteiger partial charge on any atom is -0.508 e. The van der Waals surface area contributed by atoms with E-state index in [4.69, 9.17) is 14.2 Å². The lowest BCUT2D eigenvalue weighted by atomic mass is 9.86. The average Bonchev–Trinajstić information content (AvgIpc) is 3.38. The van der Waals surface area contributed by atoms with Crippen LogP contribution in [-0.2, 0) is 4.74 Å². The van der Waals surface area contributed by atoms with Crippen LogP contribution in [0, 0.1) is 5.92 Å². The number of phenols is 1. The van der Waals surface area contributed by atoms with Gasteiger partial charge < -0.3 is 24.6 Å². The zero-order chi connectivity index (χ0) is 27.4. The van der Waals surface area contributed by atoms with E-state index in [-0.39, 0.29) is 11.9 Å². The topological polar surface area (TPSA) is 63.2 Å². The fourth-order valence-electron chi connectivity index (χ4n) is 5.57. The zero-order valence-corrected chi connectivity index (χ0v) is 23.4. The molecule has 3 atom stereocenters. The summed E-state index contributed by atoms with van der Waals surface area (Å²) in [6.45, 7) is 11.0. The van der Waals surface area contributed by atoms with Gasteiger partial charge in [0.05, 0.1) is 6.61 Å². The van der Waals surface area contributed by atoms with Gasteiger partial charge in [0, 0.05) is 43.1 Å². The number of fused-ring (bicyclic) bond motifs is 1. The molecule has 3 aromatic rings. The highest BCUT2D eigenvalue weighted by atomic mass is 16.5. The number of anilines is 1. The lowest BCUT2D eigenvalue weighted by Crippen LogP contribution is -2.35. The molecular formula is C33H40N2O4. The summed E-state index contributed by atoms with van der Waals surface area (Å²) in [5.74, 6) is 2.70. The van der Waals surface area contributed by atoms with Crippen LogP contribution in [0.3, 0.4) is 0 Å². The van der Waals surface area contributed by atoms with Crippen LogP contribution in [0.25, 0.3) is 11.1 Å². The van der Waals surface area contributed by atoms with Crippen molar-refractivity contribution in [1.29, 1.82) is 0 Å². The van der Waals surface area contributed by atoms with E-state index >= 15 is 0 Å². The van der Waals surface area contributed by atoms with Crippen molar-refractivity contribution in [2.24, 2.45) is 5.92 Å². The van der Waals surface area contributed by atoms with E-state index < -0.39 is 0 Å². The molecule has 5 rings (SSSR count). The van der Waals surface area contributed by atoms with Gasteiger partial charge in [-0.05, 0) is 91.9 Å². The molecule has 6 nitrogen and oxygen atoms in total. The molecule has 0 aromatic heterocycles. The van der Waals surface area contributed by atoms with E-state index in [9.17, 15) is 5.11 Å². The Morgan fingerprint density at radius 2 is 1.92 bits per heavy atom. The van der Waals surface area contributed by atoms with Gasteiger partial charge in [0.1, 0.15) is 30.0 Å². The van der Waals surface area contributed by atoms with E-state index in [1.165, 1.54) is 6.42 Å². The number of hydrogen-bond acceptors (Lipinski definition) is 6. The molecule has 1 fully saturated rings. The second kappa shape index (κ2) is 12.1. The van der Waals surface area contributed by atoms with Gasteiger partial charge in [-0.3, -0.25) is 4.90 Å². The van der Waals surface area contributed by atoms with E-state index in [1.807, 2.05) is 36.4 Å². The second-order valence-electron chi connectivity index (χ2n) is 10.8. The molecule has 206 valence electrons. The van der Waals surface area contributed by atoms with E-state index in [1.54, 1.807) is 19.2 Å². The first-order chi connectivity index (χ1) is 18.9. The van der Waals surface area contributed by atoms with Crippen molar-refractivity contribution < 1.29 is 19.3 Å². The maximum atomic E-state index is 10.3. The Bertz CT molecular complexity index is 1300. The van der Waals surface area contributed by atoms with E-state index in [0.29, 0.717) is 19.3 Å². The number of nitrogens with zero attached hydrogens (tertiary/aromatic N) is 1. The third-order valence-corrected chi connectivity index (χ3v) is 7.84. The first-order valence-corrected chi connectivity index (χ1v) is 13.9. The van der Waals surface area contributed by atoms with Crippen LogP contribution in [0.15, 0.2) is 66.7 Å². The smallest absolute Gasteiger partial charge is 0.150 e. The van der Waals surface area contributed by atoms with Crippen LogP contribution in [0.2, 0.25) is 0 Å². The molecule has 0 amide bonds. The molecule has 6 heteroatoms. The van der Waals surface area contributed by atoms with Crippen molar-refractivity contribution in [3.8, 4) is 17.2 Å². The van der Waals surface area contributed by atoms with Gasteiger partial charge in [-0.25, -0.2) is 0 Å². The largest absolute Gasteiger partial charge is 0.508 e. The highest BCUT2D eigenvalue weighted by molar-refractivity contribution is 5.96. The van der Waals surface area contributed by atoms with Crippen molar-refractivity contribution in [2.45, 2.75) is 39.3 Å². The van der Waals surface area contributed by atoms with Crippen LogP contribution in [0.5, 0.6) is 17.2 Å². The molecule has 1 unspecified atom stereocenters. The third kappa shape index (κ3) is 6.23. The summed E-state index contributed by atoms with van der Waals surface area (Å²) in [5, 5.41) is 13.7. The summed E-state index contributed by atoms with van der Waals surface area (Å²) in [6.07, 6.45) is 0.953. The average molecular weight is 529 g/mol. The molecule has 2 aliphatic rings. The molecule has 2 aliphatic heterocycles. The standard InChI is InChI=1S/C33H40N2O4/c1-22-14-16-35(20-22)23(2)21-38-29-11-8-25(9-12-29)33-32(26-6-5-7-28(36)18-26)24(3)30-19-27(34-15-17-37-4)10-13-31(30)39-33/h5-13,18-19,22-23,33-34,36H,14-17,20-21H2,1-4H3/t22-,23+,33?/m1/s1. The minimum absolute atomic E-state index is 0.234. The molecule has 39 heavy (non-hydrogen) atoms. The number of aromatic hydroxyl groups is 1. The molecule has 0 saturated carbocycles.